The number of hydrogen-bond donors (Lipinski definition) is 2. The van der Waals surface area contributed by atoms with E-state index in [9.17, 15) is 13.2 Å². The van der Waals surface area contributed by atoms with E-state index in [1.807, 2.05) is 0 Å². The zero-order chi connectivity index (χ0) is 14.5. The molecule has 0 heterocycles. The van der Waals surface area contributed by atoms with E-state index >= 15 is 0 Å². The minimum Gasteiger partial charge on any atom is -0.465 e. The van der Waals surface area contributed by atoms with E-state index in [0.717, 1.165) is 0 Å². The topological polar surface area (TPSA) is 98.5 Å². The first-order valence-electron chi connectivity index (χ1n) is 5.73. The number of sulfone groups is 1. The predicted octanol–water partition coefficient (Wildman–Crippen LogP) is 0.902. The Morgan fingerprint density at radius 2 is 2.11 bits per heavy atom. The second-order valence-electron chi connectivity index (χ2n) is 4.20. The van der Waals surface area contributed by atoms with Crippen LogP contribution in [-0.2, 0) is 14.6 Å². The van der Waals surface area contributed by atoms with Gasteiger partial charge in [0.1, 0.15) is 9.84 Å². The number of anilines is 2. The van der Waals surface area contributed by atoms with Crippen LogP contribution in [0.1, 0.15) is 16.8 Å². The van der Waals surface area contributed by atoms with Gasteiger partial charge in [-0.3, -0.25) is 0 Å². The molecule has 0 saturated heterocycles. The summed E-state index contributed by atoms with van der Waals surface area (Å²) in [5.74, 6) is -0.379. The maximum Gasteiger partial charge on any atom is 0.340 e. The van der Waals surface area contributed by atoms with Gasteiger partial charge < -0.3 is 15.8 Å². The lowest BCUT2D eigenvalue weighted by atomic mass is 10.1. The van der Waals surface area contributed by atoms with Crippen LogP contribution in [0.5, 0.6) is 0 Å². The third-order valence-electron chi connectivity index (χ3n) is 2.48. The predicted molar refractivity (Wildman–Crippen MR) is 75.0 cm³/mol. The fourth-order valence-electron chi connectivity index (χ4n) is 1.52. The molecule has 0 spiro atoms. The number of nitrogens with two attached hydrogens (primary N) is 1. The van der Waals surface area contributed by atoms with Crippen LogP contribution in [-0.4, -0.2) is 40.1 Å². The van der Waals surface area contributed by atoms with Crippen LogP contribution in [0.4, 0.5) is 11.4 Å². The lowest BCUT2D eigenvalue weighted by Crippen LogP contribution is -2.11. The maximum atomic E-state index is 11.4. The van der Waals surface area contributed by atoms with Crippen LogP contribution in [0, 0.1) is 0 Å². The van der Waals surface area contributed by atoms with Crippen LogP contribution in [0.3, 0.4) is 0 Å². The monoisotopic (exact) mass is 286 g/mol. The lowest BCUT2D eigenvalue weighted by molar-refractivity contribution is 0.0602. The van der Waals surface area contributed by atoms with Crippen molar-refractivity contribution in [2.45, 2.75) is 6.42 Å². The SMILES string of the molecule is COC(=O)c1cc(NCCCS(C)(=O)=O)ccc1N. The molecule has 0 aliphatic rings. The van der Waals surface area contributed by atoms with Crippen molar-refractivity contribution >= 4 is 27.2 Å². The number of nitrogens with one attached hydrogen (secondary N) is 1. The highest BCUT2D eigenvalue weighted by Gasteiger charge is 2.10. The normalized spacial score (nSPS) is 11.1. The van der Waals surface area contributed by atoms with Crippen LogP contribution in [0.2, 0.25) is 0 Å². The number of hydrogen-bond acceptors (Lipinski definition) is 6. The van der Waals surface area contributed by atoms with E-state index in [0.29, 0.717) is 24.3 Å². The fourth-order valence-corrected chi connectivity index (χ4v) is 2.19. The Morgan fingerprint density at radius 1 is 1.42 bits per heavy atom. The minimum absolute atomic E-state index is 0.124. The molecule has 1 rings (SSSR count). The summed E-state index contributed by atoms with van der Waals surface area (Å²) in [5.41, 5.74) is 7.00. The van der Waals surface area contributed by atoms with Gasteiger partial charge in [-0.2, -0.15) is 0 Å². The molecule has 3 N–H and O–H groups in total. The van der Waals surface area contributed by atoms with E-state index in [-0.39, 0.29) is 11.3 Å². The standard InChI is InChI=1S/C12H18N2O4S/c1-18-12(15)10-8-9(4-5-11(10)13)14-6-3-7-19(2,16)17/h4-5,8,14H,3,6-7,13H2,1-2H3. The Labute approximate surface area is 112 Å². The molecule has 1 aromatic carbocycles. The third kappa shape index (κ3) is 5.17. The van der Waals surface area contributed by atoms with Gasteiger partial charge in [-0.1, -0.05) is 0 Å². The number of rotatable bonds is 6. The van der Waals surface area contributed by atoms with E-state index in [1.165, 1.54) is 13.4 Å². The van der Waals surface area contributed by atoms with Gasteiger partial charge in [0.05, 0.1) is 18.4 Å². The van der Waals surface area contributed by atoms with Crippen LogP contribution in [0.15, 0.2) is 18.2 Å². The van der Waals surface area contributed by atoms with Crippen molar-refractivity contribution in [1.82, 2.24) is 0 Å². The van der Waals surface area contributed by atoms with Crippen molar-refractivity contribution in [3.63, 3.8) is 0 Å². The van der Waals surface area contributed by atoms with Gasteiger partial charge in [-0.05, 0) is 24.6 Å². The average molecular weight is 286 g/mol. The van der Waals surface area contributed by atoms with Gasteiger partial charge in [0.25, 0.3) is 0 Å². The van der Waals surface area contributed by atoms with Crippen molar-refractivity contribution in [3.05, 3.63) is 23.8 Å². The molecule has 6 nitrogen and oxygen atoms in total. The molecule has 0 bridgehead atoms. The van der Waals surface area contributed by atoms with E-state index < -0.39 is 15.8 Å². The molecule has 0 radical (unpaired) electrons. The molecule has 0 fully saturated rings. The molecular formula is C12H18N2O4S. The smallest absolute Gasteiger partial charge is 0.340 e. The Morgan fingerprint density at radius 3 is 2.68 bits per heavy atom. The number of ether oxygens (including phenoxy) is 1. The van der Waals surface area contributed by atoms with Crippen molar-refractivity contribution in [3.8, 4) is 0 Å². The first kappa shape index (κ1) is 15.3. The van der Waals surface area contributed by atoms with E-state index in [4.69, 9.17) is 5.73 Å². The van der Waals surface area contributed by atoms with E-state index in [1.54, 1.807) is 18.2 Å². The number of carbonyl (C=O) groups excluding carboxylic acids is 1. The fraction of sp³-hybridized carbons (Fsp3) is 0.417. The van der Waals surface area contributed by atoms with E-state index in [2.05, 4.69) is 10.1 Å². The molecule has 106 valence electrons. The quantitative estimate of drug-likeness (QED) is 0.458. The van der Waals surface area contributed by atoms with Crippen LogP contribution < -0.4 is 11.1 Å². The second kappa shape index (κ2) is 6.42. The largest absolute Gasteiger partial charge is 0.465 e. The highest BCUT2D eigenvalue weighted by atomic mass is 32.2. The number of carbonyl (C=O) groups is 1. The highest BCUT2D eigenvalue weighted by Crippen LogP contribution is 2.18. The number of esters is 1. The molecule has 0 atom stereocenters. The number of nitrogen functional groups attached to an aromatic ring is 1. The molecule has 1 aromatic rings. The first-order valence-corrected chi connectivity index (χ1v) is 7.79. The van der Waals surface area contributed by atoms with Gasteiger partial charge in [-0.15, -0.1) is 0 Å². The summed E-state index contributed by atoms with van der Waals surface area (Å²) in [6, 6.07) is 4.91. The Balaban J connectivity index is 2.62. The lowest BCUT2D eigenvalue weighted by Gasteiger charge is -2.09. The zero-order valence-corrected chi connectivity index (χ0v) is 11.8. The van der Waals surface area contributed by atoms with Gasteiger partial charge in [0.15, 0.2) is 0 Å². The summed E-state index contributed by atoms with van der Waals surface area (Å²) in [6.45, 7) is 0.498. The third-order valence-corrected chi connectivity index (χ3v) is 3.51. The minimum atomic E-state index is -2.94. The van der Waals surface area contributed by atoms with Crippen molar-refractivity contribution in [1.29, 1.82) is 0 Å². The molecule has 0 aromatic heterocycles. The number of methoxy groups -OCH3 is 1. The molecule has 0 amide bonds. The summed E-state index contributed by atoms with van der Waals surface area (Å²) in [7, 11) is -1.66. The summed E-state index contributed by atoms with van der Waals surface area (Å²) in [4.78, 5) is 11.4. The molecular weight excluding hydrogens is 268 g/mol. The molecule has 0 aliphatic heterocycles. The Hall–Kier alpha value is -1.76. The summed E-state index contributed by atoms with van der Waals surface area (Å²) in [6.07, 6.45) is 1.70. The van der Waals surface area contributed by atoms with Crippen molar-refractivity contribution < 1.29 is 17.9 Å². The van der Waals surface area contributed by atoms with Gasteiger partial charge in [-0.25, -0.2) is 13.2 Å². The maximum absolute atomic E-state index is 11.4. The molecule has 7 heteroatoms. The zero-order valence-electron chi connectivity index (χ0n) is 11.0. The van der Waals surface area contributed by atoms with Gasteiger partial charge >= 0.3 is 5.97 Å². The summed E-state index contributed by atoms with van der Waals surface area (Å²) in [5, 5.41) is 3.04. The Bertz CT molecular complexity index is 555. The molecule has 0 aliphatic carbocycles. The molecule has 0 saturated carbocycles. The van der Waals surface area contributed by atoms with Crippen LogP contribution in [0.25, 0.3) is 0 Å². The molecule has 0 unspecified atom stereocenters. The second-order valence-corrected chi connectivity index (χ2v) is 6.46. The highest BCUT2D eigenvalue weighted by molar-refractivity contribution is 7.90. The molecule has 19 heavy (non-hydrogen) atoms. The van der Waals surface area contributed by atoms with Gasteiger partial charge in [0.2, 0.25) is 0 Å². The summed E-state index contributed by atoms with van der Waals surface area (Å²) >= 11 is 0. The van der Waals surface area contributed by atoms with Crippen LogP contribution >= 0.6 is 0 Å². The van der Waals surface area contributed by atoms with Crippen molar-refractivity contribution in [2.24, 2.45) is 0 Å². The number of benzene rings is 1. The van der Waals surface area contributed by atoms with Crippen molar-refractivity contribution in [2.75, 3.05) is 36.7 Å². The average Bonchev–Trinajstić information content (AvgIpc) is 2.34. The van der Waals surface area contributed by atoms with Gasteiger partial charge in [0, 0.05) is 24.2 Å². The Kier molecular flexibility index (Phi) is 5.17. The summed E-state index contributed by atoms with van der Waals surface area (Å²) < 4.78 is 26.5. The first-order chi connectivity index (χ1) is 8.83.